The Morgan fingerprint density at radius 1 is 1.22 bits per heavy atom. The fourth-order valence-electron chi connectivity index (χ4n) is 2.64. The van der Waals surface area contributed by atoms with Gasteiger partial charge in [-0.15, -0.1) is 0 Å². The summed E-state index contributed by atoms with van der Waals surface area (Å²) in [5.41, 5.74) is 0.406. The molecule has 2 aromatic heterocycles. The Morgan fingerprint density at radius 3 is 2.67 bits per heavy atom. The van der Waals surface area contributed by atoms with E-state index in [2.05, 4.69) is 21.9 Å². The lowest BCUT2D eigenvalue weighted by Gasteiger charge is -2.24. The van der Waals surface area contributed by atoms with E-state index in [1.54, 1.807) is 11.3 Å². The van der Waals surface area contributed by atoms with Gasteiger partial charge in [0.1, 0.15) is 5.82 Å². The number of H-pyrrole nitrogens is 1. The van der Waals surface area contributed by atoms with Crippen LogP contribution in [0, 0.1) is 12.8 Å². The van der Waals surface area contributed by atoms with Crippen molar-refractivity contribution < 1.29 is 0 Å². The zero-order valence-corrected chi connectivity index (χ0v) is 11.5. The van der Waals surface area contributed by atoms with E-state index in [-0.39, 0.29) is 5.56 Å². The van der Waals surface area contributed by atoms with Gasteiger partial charge in [0.05, 0.1) is 5.01 Å². The minimum atomic E-state index is -0.107. The van der Waals surface area contributed by atoms with Crippen LogP contribution in [-0.4, -0.2) is 15.0 Å². The first-order valence-corrected chi connectivity index (χ1v) is 7.32. The van der Waals surface area contributed by atoms with E-state index < -0.39 is 0 Å². The number of hydrogen-bond acceptors (Lipinski definition) is 4. The highest BCUT2D eigenvalue weighted by molar-refractivity contribution is 7.18. The number of fused-ring (bicyclic) bond motifs is 1. The molecule has 3 rings (SSSR count). The molecule has 5 heteroatoms. The summed E-state index contributed by atoms with van der Waals surface area (Å²) >= 11 is 1.59. The normalized spacial score (nSPS) is 24.6. The van der Waals surface area contributed by atoms with Gasteiger partial charge >= 0.3 is 0 Å². The van der Waals surface area contributed by atoms with Gasteiger partial charge in [0.15, 0.2) is 10.3 Å². The molecule has 1 fully saturated rings. The van der Waals surface area contributed by atoms with Crippen molar-refractivity contribution in [2.75, 3.05) is 0 Å². The van der Waals surface area contributed by atoms with Crippen LogP contribution in [0.3, 0.4) is 0 Å². The second kappa shape index (κ2) is 4.46. The van der Waals surface area contributed by atoms with Crippen molar-refractivity contribution in [2.24, 2.45) is 5.92 Å². The second-order valence-corrected chi connectivity index (χ2v) is 6.32. The van der Waals surface area contributed by atoms with Crippen LogP contribution in [0.15, 0.2) is 4.79 Å². The van der Waals surface area contributed by atoms with Crippen LogP contribution in [0.25, 0.3) is 10.3 Å². The molecular formula is C13H17N3OS. The average molecular weight is 263 g/mol. The Kier molecular flexibility index (Phi) is 2.93. The lowest BCUT2D eigenvalue weighted by atomic mass is 9.83. The molecule has 1 aliphatic rings. The number of aromatic amines is 1. The summed E-state index contributed by atoms with van der Waals surface area (Å²) in [5.74, 6) is 2.03. The first kappa shape index (κ1) is 11.8. The lowest BCUT2D eigenvalue weighted by Crippen LogP contribution is -2.11. The predicted molar refractivity (Wildman–Crippen MR) is 73.1 cm³/mol. The molecule has 0 spiro atoms. The highest BCUT2D eigenvalue weighted by atomic mass is 32.1. The highest BCUT2D eigenvalue weighted by Crippen LogP contribution is 2.37. The number of nitrogens with one attached hydrogen (secondary N) is 1. The quantitative estimate of drug-likeness (QED) is 0.860. The number of rotatable bonds is 1. The van der Waals surface area contributed by atoms with Gasteiger partial charge in [-0.25, -0.2) is 9.97 Å². The van der Waals surface area contributed by atoms with Gasteiger partial charge in [0.2, 0.25) is 0 Å². The van der Waals surface area contributed by atoms with Crippen molar-refractivity contribution in [1.29, 1.82) is 0 Å². The molecule has 1 saturated carbocycles. The van der Waals surface area contributed by atoms with Crippen molar-refractivity contribution in [2.45, 2.75) is 45.4 Å². The van der Waals surface area contributed by atoms with E-state index in [4.69, 9.17) is 0 Å². The number of hydrogen-bond donors (Lipinski definition) is 1. The Labute approximate surface area is 109 Å². The van der Waals surface area contributed by atoms with E-state index in [0.717, 1.165) is 15.8 Å². The Hall–Kier alpha value is -1.23. The number of aryl methyl sites for hydroxylation is 1. The van der Waals surface area contributed by atoms with Crippen molar-refractivity contribution in [3.8, 4) is 0 Å². The standard InChI is InChI=1S/C13H17N3OS/c1-7-3-5-9(6-4-7)12-16-10-11(17)14-8(2)15-13(10)18-12/h7,9H,3-6H2,1-2H3,(H,14,15,17). The van der Waals surface area contributed by atoms with Gasteiger partial charge in [0, 0.05) is 5.92 Å². The zero-order valence-electron chi connectivity index (χ0n) is 10.7. The molecule has 1 aliphatic carbocycles. The largest absolute Gasteiger partial charge is 0.309 e. The third-order valence-corrected chi connectivity index (χ3v) is 4.88. The second-order valence-electron chi connectivity index (χ2n) is 5.31. The van der Waals surface area contributed by atoms with Gasteiger partial charge in [-0.3, -0.25) is 4.79 Å². The molecule has 0 bridgehead atoms. The van der Waals surface area contributed by atoms with Crippen LogP contribution >= 0.6 is 11.3 Å². The average Bonchev–Trinajstić information content (AvgIpc) is 2.74. The molecule has 18 heavy (non-hydrogen) atoms. The van der Waals surface area contributed by atoms with Gasteiger partial charge in [-0.1, -0.05) is 31.1 Å². The summed E-state index contributed by atoms with van der Waals surface area (Å²) < 4.78 is 0. The van der Waals surface area contributed by atoms with Crippen molar-refractivity contribution in [1.82, 2.24) is 15.0 Å². The molecule has 0 atom stereocenters. The minimum absolute atomic E-state index is 0.107. The Bertz CT molecular complexity index is 623. The molecule has 0 aromatic carbocycles. The summed E-state index contributed by atoms with van der Waals surface area (Å²) in [6.07, 6.45) is 4.92. The van der Waals surface area contributed by atoms with Crippen LogP contribution in [0.4, 0.5) is 0 Å². The summed E-state index contributed by atoms with van der Waals surface area (Å²) in [5, 5.41) is 1.10. The topological polar surface area (TPSA) is 58.6 Å². The van der Waals surface area contributed by atoms with Gasteiger partial charge < -0.3 is 4.98 Å². The SMILES string of the molecule is Cc1nc2sc(C3CCC(C)CC3)nc2c(=O)[nH]1. The fourth-order valence-corrected chi connectivity index (χ4v) is 3.79. The molecule has 2 aromatic rings. The Morgan fingerprint density at radius 2 is 1.94 bits per heavy atom. The summed E-state index contributed by atoms with van der Waals surface area (Å²) in [4.78, 5) is 24.2. The van der Waals surface area contributed by atoms with Crippen LogP contribution in [0.1, 0.15) is 49.4 Å². The summed E-state index contributed by atoms with van der Waals surface area (Å²) in [6, 6.07) is 0. The van der Waals surface area contributed by atoms with E-state index >= 15 is 0 Å². The maximum absolute atomic E-state index is 11.8. The summed E-state index contributed by atoms with van der Waals surface area (Å²) in [6.45, 7) is 4.12. The first-order chi connectivity index (χ1) is 8.63. The van der Waals surface area contributed by atoms with E-state index in [1.807, 2.05) is 6.92 Å². The van der Waals surface area contributed by atoms with Gasteiger partial charge in [0.25, 0.3) is 5.56 Å². The third-order valence-electron chi connectivity index (χ3n) is 3.77. The zero-order chi connectivity index (χ0) is 12.7. The van der Waals surface area contributed by atoms with Crippen LogP contribution in [0.2, 0.25) is 0 Å². The monoisotopic (exact) mass is 263 g/mol. The first-order valence-electron chi connectivity index (χ1n) is 6.51. The number of thiazole rings is 1. The van der Waals surface area contributed by atoms with E-state index in [9.17, 15) is 4.79 Å². The molecule has 2 heterocycles. The maximum Gasteiger partial charge on any atom is 0.278 e. The van der Waals surface area contributed by atoms with Gasteiger partial charge in [-0.2, -0.15) is 0 Å². The molecule has 0 unspecified atom stereocenters. The molecule has 0 saturated heterocycles. The molecule has 96 valence electrons. The van der Waals surface area contributed by atoms with Crippen molar-refractivity contribution >= 4 is 21.7 Å². The number of aromatic nitrogens is 3. The maximum atomic E-state index is 11.8. The molecule has 4 nitrogen and oxygen atoms in total. The third kappa shape index (κ3) is 2.07. The number of nitrogens with zero attached hydrogens (tertiary/aromatic N) is 2. The van der Waals surface area contributed by atoms with E-state index in [0.29, 0.717) is 17.3 Å². The van der Waals surface area contributed by atoms with Crippen molar-refractivity contribution in [3.63, 3.8) is 0 Å². The smallest absolute Gasteiger partial charge is 0.278 e. The van der Waals surface area contributed by atoms with Crippen LogP contribution < -0.4 is 5.56 Å². The van der Waals surface area contributed by atoms with Crippen LogP contribution in [0.5, 0.6) is 0 Å². The van der Waals surface area contributed by atoms with Gasteiger partial charge in [-0.05, 0) is 25.7 Å². The van der Waals surface area contributed by atoms with E-state index in [1.165, 1.54) is 25.7 Å². The Balaban J connectivity index is 1.98. The molecule has 0 radical (unpaired) electrons. The minimum Gasteiger partial charge on any atom is -0.309 e. The highest BCUT2D eigenvalue weighted by Gasteiger charge is 2.23. The fraction of sp³-hybridized carbons (Fsp3) is 0.615. The molecular weight excluding hydrogens is 246 g/mol. The molecule has 0 aliphatic heterocycles. The van der Waals surface area contributed by atoms with Crippen molar-refractivity contribution in [3.05, 3.63) is 21.2 Å². The molecule has 0 amide bonds. The summed E-state index contributed by atoms with van der Waals surface area (Å²) in [7, 11) is 0. The lowest BCUT2D eigenvalue weighted by molar-refractivity contribution is 0.347. The molecule has 1 N–H and O–H groups in total. The predicted octanol–water partition coefficient (Wildman–Crippen LogP) is 2.98. The van der Waals surface area contributed by atoms with Crippen LogP contribution in [-0.2, 0) is 0 Å².